The van der Waals surface area contributed by atoms with Crippen molar-refractivity contribution in [3.05, 3.63) is 122 Å². The number of hydrogen-bond donors (Lipinski definition) is 3. The highest BCUT2D eigenvalue weighted by Crippen LogP contribution is 2.43. The van der Waals surface area contributed by atoms with Gasteiger partial charge in [0.25, 0.3) is 0 Å². The molecular weight excluding hydrogens is 1160 g/mol. The van der Waals surface area contributed by atoms with Gasteiger partial charge in [0.1, 0.15) is 13.2 Å². The van der Waals surface area contributed by atoms with E-state index < -0.39 is 20.0 Å². The number of amides is 1. The van der Waals surface area contributed by atoms with Crippen molar-refractivity contribution in [2.24, 2.45) is 0 Å². The lowest BCUT2D eigenvalue weighted by Gasteiger charge is -2.25. The summed E-state index contributed by atoms with van der Waals surface area (Å²) in [5, 5.41) is 14.0. The van der Waals surface area contributed by atoms with Gasteiger partial charge in [-0.3, -0.25) is 13.8 Å². The number of hydrogen-bond acceptors (Lipinski definition) is 5. The quantitative estimate of drug-likeness (QED) is 0.0243. The molecule has 0 aliphatic carbocycles. The molecule has 0 rings (SSSR count). The van der Waals surface area contributed by atoms with Gasteiger partial charge in [-0.1, -0.05) is 367 Å². The minimum Gasteiger partial charge on any atom is -0.387 e. The summed E-state index contributed by atoms with van der Waals surface area (Å²) in [5.41, 5.74) is 0. The predicted octanol–water partition coefficient (Wildman–Crippen LogP) is 25.9. The molecule has 0 fully saturated rings. The molecule has 3 unspecified atom stereocenters. The number of aliphatic hydroxyl groups excluding tert-OH is 1. The maximum absolute atomic E-state index is 13.1. The normalized spacial score (nSPS) is 14.2. The molecule has 93 heavy (non-hydrogen) atoms. The third-order valence-electron chi connectivity index (χ3n) is 17.4. The summed E-state index contributed by atoms with van der Waals surface area (Å²) in [7, 11) is 1.55. The Morgan fingerprint density at radius 2 is 0.656 bits per heavy atom. The van der Waals surface area contributed by atoms with Crippen LogP contribution in [0.25, 0.3) is 0 Å². The number of allylic oxidation sites excluding steroid dienone is 19. The largest absolute Gasteiger partial charge is 0.472 e. The van der Waals surface area contributed by atoms with Gasteiger partial charge in [0.15, 0.2) is 0 Å². The molecule has 0 heterocycles. The topological polar surface area (TPSA) is 105 Å². The van der Waals surface area contributed by atoms with Gasteiger partial charge in [-0.15, -0.1) is 0 Å². The van der Waals surface area contributed by atoms with Crippen LogP contribution in [0.4, 0.5) is 0 Å². The Bertz CT molecular complexity index is 1940. The smallest absolute Gasteiger partial charge is 0.387 e. The van der Waals surface area contributed by atoms with Gasteiger partial charge in [0.2, 0.25) is 5.91 Å². The lowest BCUT2D eigenvalue weighted by atomic mass is 10.0. The maximum atomic E-state index is 13.1. The highest BCUT2D eigenvalue weighted by molar-refractivity contribution is 7.47. The lowest BCUT2D eigenvalue weighted by Crippen LogP contribution is -2.45. The molecule has 3 atom stereocenters. The third kappa shape index (κ3) is 76.1. The van der Waals surface area contributed by atoms with Crippen LogP contribution in [-0.2, 0) is 18.4 Å². The van der Waals surface area contributed by atoms with Crippen molar-refractivity contribution < 1.29 is 32.9 Å². The van der Waals surface area contributed by atoms with Gasteiger partial charge in [-0.25, -0.2) is 4.57 Å². The second-order valence-electron chi connectivity index (χ2n) is 27.7. The number of carbonyl (C=O) groups is 1. The SMILES string of the molecule is CC/C=C\C/C=C\C/C=C\C/C=C\C/C=C\C/C=C\C/C=C\CCCCCCCCCCCCCCCCCCCC(=O)NC(COP(=O)(O)OCC[N+](C)(C)C)C(O)/C=C/CC/C=C/CC/C=C/CCCCCCCCCCCCCCCCCCCCCCCC. The van der Waals surface area contributed by atoms with Crippen LogP contribution in [0.5, 0.6) is 0 Å². The van der Waals surface area contributed by atoms with E-state index in [0.717, 1.165) is 89.9 Å². The van der Waals surface area contributed by atoms with E-state index in [1.807, 2.05) is 27.2 Å². The van der Waals surface area contributed by atoms with Gasteiger partial charge in [0, 0.05) is 6.42 Å². The van der Waals surface area contributed by atoms with E-state index in [1.54, 1.807) is 6.08 Å². The minimum atomic E-state index is -4.38. The number of unbranched alkanes of at least 4 members (excludes halogenated alkanes) is 41. The van der Waals surface area contributed by atoms with Gasteiger partial charge in [0.05, 0.1) is 39.9 Å². The Balaban J connectivity index is 4.06. The fourth-order valence-electron chi connectivity index (χ4n) is 11.4. The number of nitrogens with zero attached hydrogens (tertiary/aromatic N) is 1. The van der Waals surface area contributed by atoms with E-state index >= 15 is 0 Å². The van der Waals surface area contributed by atoms with Crippen molar-refractivity contribution in [1.29, 1.82) is 0 Å². The van der Waals surface area contributed by atoms with E-state index in [2.05, 4.69) is 129 Å². The van der Waals surface area contributed by atoms with Gasteiger partial charge in [-0.2, -0.15) is 0 Å². The molecule has 538 valence electrons. The first-order valence-electron chi connectivity index (χ1n) is 39.4. The Labute approximate surface area is 577 Å². The molecule has 0 aromatic heterocycles. The molecule has 0 spiro atoms. The molecule has 0 aliphatic rings. The van der Waals surface area contributed by atoms with Crippen molar-refractivity contribution in [2.45, 2.75) is 366 Å². The summed E-state index contributed by atoms with van der Waals surface area (Å²) in [6.45, 7) is 4.71. The van der Waals surface area contributed by atoms with Crippen molar-refractivity contribution in [3.63, 3.8) is 0 Å². The first-order chi connectivity index (χ1) is 45.5. The highest BCUT2D eigenvalue weighted by Gasteiger charge is 2.28. The summed E-state index contributed by atoms with van der Waals surface area (Å²) >= 11 is 0. The second kappa shape index (κ2) is 73.2. The molecule has 0 radical (unpaired) electrons. The monoisotopic (exact) mass is 1320 g/mol. The van der Waals surface area contributed by atoms with E-state index in [9.17, 15) is 19.4 Å². The molecule has 0 aliphatic heterocycles. The Hall–Kier alpha value is -3.10. The summed E-state index contributed by atoms with van der Waals surface area (Å²) in [5.74, 6) is -0.190. The fraction of sp³-hybridized carbons (Fsp3) is 0.750. The van der Waals surface area contributed by atoms with E-state index in [1.165, 1.54) is 244 Å². The molecule has 8 nitrogen and oxygen atoms in total. The van der Waals surface area contributed by atoms with E-state index in [-0.39, 0.29) is 19.1 Å². The van der Waals surface area contributed by atoms with Crippen LogP contribution in [0.3, 0.4) is 0 Å². The van der Waals surface area contributed by atoms with Crippen molar-refractivity contribution >= 4 is 13.7 Å². The van der Waals surface area contributed by atoms with Gasteiger partial charge >= 0.3 is 7.82 Å². The van der Waals surface area contributed by atoms with Crippen LogP contribution in [0.2, 0.25) is 0 Å². The zero-order chi connectivity index (χ0) is 67.6. The summed E-state index contributed by atoms with van der Waals surface area (Å²) in [6, 6.07) is -0.878. The third-order valence-corrected chi connectivity index (χ3v) is 18.4. The minimum absolute atomic E-state index is 0.0502. The summed E-state index contributed by atoms with van der Waals surface area (Å²) < 4.78 is 23.8. The number of rotatable bonds is 72. The maximum Gasteiger partial charge on any atom is 0.472 e. The van der Waals surface area contributed by atoms with Crippen molar-refractivity contribution in [3.8, 4) is 0 Å². The summed E-state index contributed by atoms with van der Waals surface area (Å²) in [6.07, 6.45) is 110. The second-order valence-corrected chi connectivity index (χ2v) is 29.1. The lowest BCUT2D eigenvalue weighted by molar-refractivity contribution is -0.870. The van der Waals surface area contributed by atoms with Gasteiger partial charge < -0.3 is 19.8 Å². The number of carbonyl (C=O) groups excluding carboxylic acids is 1. The number of aliphatic hydroxyl groups is 1. The van der Waals surface area contributed by atoms with Crippen LogP contribution in [0.15, 0.2) is 122 Å². The molecule has 0 bridgehead atoms. The Kier molecular flexibility index (Phi) is 70.7. The van der Waals surface area contributed by atoms with E-state index in [4.69, 9.17) is 9.05 Å². The molecule has 0 aromatic carbocycles. The standard InChI is InChI=1S/C84H151N2O6P/c1-6-8-10-12-14-16-18-20-22-24-26-28-30-32-34-36-38-40-41-42-43-44-45-46-48-50-52-54-56-58-60-62-64-66-68-70-72-74-76-78-84(88)85-82(81-92-93(89,90)91-80-79-86(3,4)5)83(87)77-75-73-71-69-67-65-63-61-59-57-55-53-51-49-47-39-37-35-33-31-29-27-25-23-21-19-17-15-13-11-9-7-2/h8,10,14,16,20,22,26,28,32,34,38,40,42-43,59,61,67,69,75,77,82-83,87H,6-7,9,11-13,15,17-19,21,23-25,27,29-31,33,35-37,39,41,44-58,60,62-66,68,70-74,76,78-81H2,1-5H3,(H-,85,88,89,90)/p+1/b10-8-,16-14-,22-20-,28-26-,34-32-,40-38-,43-42-,61-59+,69-67+,77-75+. The summed E-state index contributed by atoms with van der Waals surface area (Å²) in [4.78, 5) is 23.5. The molecule has 0 aromatic rings. The molecule has 0 saturated heterocycles. The van der Waals surface area contributed by atoms with Crippen LogP contribution in [0.1, 0.15) is 354 Å². The van der Waals surface area contributed by atoms with E-state index in [0.29, 0.717) is 17.4 Å². The molecule has 0 saturated carbocycles. The predicted molar refractivity (Wildman–Crippen MR) is 410 cm³/mol. The number of likely N-dealkylation sites (N-methyl/N-ethyl adjacent to an activating group) is 1. The number of quaternary nitrogens is 1. The van der Waals surface area contributed by atoms with Crippen LogP contribution in [0, 0.1) is 0 Å². The molecule has 1 amide bonds. The number of nitrogens with one attached hydrogen (secondary N) is 1. The van der Waals surface area contributed by atoms with Gasteiger partial charge in [-0.05, 0) is 103 Å². The Morgan fingerprint density at radius 3 is 0.989 bits per heavy atom. The van der Waals surface area contributed by atoms with Crippen molar-refractivity contribution in [2.75, 3.05) is 40.9 Å². The first kappa shape index (κ1) is 89.9. The zero-order valence-electron chi connectivity index (χ0n) is 61.7. The van der Waals surface area contributed by atoms with Crippen LogP contribution in [-0.4, -0.2) is 73.4 Å². The Morgan fingerprint density at radius 1 is 0.376 bits per heavy atom. The number of phosphoric ester groups is 1. The molecule has 9 heteroatoms. The molecule has 3 N–H and O–H groups in total. The van der Waals surface area contributed by atoms with Crippen LogP contribution < -0.4 is 5.32 Å². The fourth-order valence-corrected chi connectivity index (χ4v) is 12.1. The zero-order valence-corrected chi connectivity index (χ0v) is 62.6. The average Bonchev–Trinajstić information content (AvgIpc) is 1.94. The van der Waals surface area contributed by atoms with Crippen LogP contribution >= 0.6 is 7.82 Å². The average molecular weight is 1320 g/mol. The number of phosphoric acid groups is 1. The highest BCUT2D eigenvalue weighted by atomic mass is 31.2. The molecular formula is C84H152N2O6P+. The van der Waals surface area contributed by atoms with Crippen molar-refractivity contribution in [1.82, 2.24) is 5.32 Å². The first-order valence-corrected chi connectivity index (χ1v) is 40.9.